The van der Waals surface area contributed by atoms with Gasteiger partial charge < -0.3 is 9.80 Å². The summed E-state index contributed by atoms with van der Waals surface area (Å²) in [5.74, 6) is 0. The van der Waals surface area contributed by atoms with Crippen LogP contribution in [-0.2, 0) is 0 Å². The Balaban J connectivity index is 0. The van der Waals surface area contributed by atoms with Crippen molar-refractivity contribution in [3.63, 3.8) is 0 Å². The van der Waals surface area contributed by atoms with Crippen LogP contribution < -0.4 is 0 Å². The number of hydrogen-bond acceptors (Lipinski definition) is 1. The molecule has 0 aromatic heterocycles. The van der Waals surface area contributed by atoms with E-state index < -0.39 is 0 Å². The van der Waals surface area contributed by atoms with Gasteiger partial charge in [-0.2, -0.15) is 0 Å². The zero-order valence-corrected chi connectivity index (χ0v) is 9.04. The summed E-state index contributed by atoms with van der Waals surface area (Å²) in [6, 6.07) is 0.157. The van der Waals surface area contributed by atoms with E-state index in [9.17, 15) is 4.79 Å². The molecule has 0 heterocycles. The van der Waals surface area contributed by atoms with Crippen molar-refractivity contribution in [2.24, 2.45) is 0 Å². The van der Waals surface area contributed by atoms with E-state index in [1.54, 1.807) is 0 Å². The van der Waals surface area contributed by atoms with Crippen molar-refractivity contribution < 1.29 is 9.50 Å². The fourth-order valence-electron chi connectivity index (χ4n) is 1.19. The fraction of sp³-hybridized carbons (Fsp3) is 0.889. The number of carbonyl (C=O) groups is 1. The van der Waals surface area contributed by atoms with Crippen molar-refractivity contribution >= 4 is 6.03 Å². The molecule has 0 fully saturated rings. The Labute approximate surface area is 80.1 Å². The molecule has 0 atom stereocenters. The first-order valence-electron chi connectivity index (χ1n) is 4.74. The number of halogens is 1. The van der Waals surface area contributed by atoms with Crippen LogP contribution in [0.25, 0.3) is 0 Å². The summed E-state index contributed by atoms with van der Waals surface area (Å²) in [6.07, 6.45) is 0. The van der Waals surface area contributed by atoms with Crippen molar-refractivity contribution in [2.75, 3.05) is 26.2 Å². The van der Waals surface area contributed by atoms with Gasteiger partial charge in [-0.1, -0.05) is 0 Å². The molecule has 0 aliphatic carbocycles. The molecule has 0 aromatic carbocycles. The third-order valence-corrected chi connectivity index (χ3v) is 2.07. The number of nitrogens with zero attached hydrogens (tertiary/aromatic N) is 2. The van der Waals surface area contributed by atoms with Crippen LogP contribution in [0.3, 0.4) is 0 Å². The summed E-state index contributed by atoms with van der Waals surface area (Å²) in [6.45, 7) is 11.2. The molecule has 0 spiro atoms. The van der Waals surface area contributed by atoms with E-state index in [-0.39, 0.29) is 10.7 Å². The molecule has 0 aliphatic rings. The standard InChI is InChI=1S/C9H20N2O.FH/c1-5-10(6-2)9(12)11(7-3)8-4;/h5-8H2,1-4H3;1H. The first-order chi connectivity index (χ1) is 5.71. The maximum absolute atomic E-state index is 11.6. The summed E-state index contributed by atoms with van der Waals surface area (Å²) in [4.78, 5) is 15.3. The van der Waals surface area contributed by atoms with Gasteiger partial charge >= 0.3 is 6.03 Å². The van der Waals surface area contributed by atoms with Gasteiger partial charge in [0.1, 0.15) is 0 Å². The smallest absolute Gasteiger partial charge is 0.319 e. The van der Waals surface area contributed by atoms with Gasteiger partial charge in [0.15, 0.2) is 0 Å². The van der Waals surface area contributed by atoms with Gasteiger partial charge in [0, 0.05) is 26.2 Å². The number of amides is 2. The first-order valence-corrected chi connectivity index (χ1v) is 4.74. The molecule has 0 unspecified atom stereocenters. The fourth-order valence-corrected chi connectivity index (χ4v) is 1.19. The maximum atomic E-state index is 11.6. The average Bonchev–Trinajstić information content (AvgIpc) is 2.09. The van der Waals surface area contributed by atoms with Crippen LogP contribution in [0.4, 0.5) is 9.50 Å². The predicted octanol–water partition coefficient (Wildman–Crippen LogP) is 1.94. The second-order valence-electron chi connectivity index (χ2n) is 2.63. The molecule has 80 valence electrons. The van der Waals surface area contributed by atoms with Gasteiger partial charge in [-0.3, -0.25) is 4.70 Å². The van der Waals surface area contributed by atoms with E-state index in [0.717, 1.165) is 26.2 Å². The normalized spacial score (nSPS) is 8.92. The Morgan fingerprint density at radius 2 is 1.08 bits per heavy atom. The minimum Gasteiger partial charge on any atom is -0.325 e. The van der Waals surface area contributed by atoms with Crippen LogP contribution in [0.5, 0.6) is 0 Å². The molecule has 0 saturated carbocycles. The summed E-state index contributed by atoms with van der Waals surface area (Å²) in [7, 11) is 0. The molecule has 0 aliphatic heterocycles. The molecule has 0 rings (SSSR count). The Hall–Kier alpha value is -0.800. The molecular formula is C9H21FN2O. The number of urea groups is 1. The number of rotatable bonds is 4. The van der Waals surface area contributed by atoms with Crippen LogP contribution in [0.1, 0.15) is 27.7 Å². The Bertz CT molecular complexity index is 120. The quantitative estimate of drug-likeness (QED) is 0.667. The van der Waals surface area contributed by atoms with Gasteiger partial charge in [-0.15, -0.1) is 0 Å². The Morgan fingerprint density at radius 3 is 1.23 bits per heavy atom. The van der Waals surface area contributed by atoms with Crippen LogP contribution in [0.2, 0.25) is 0 Å². The largest absolute Gasteiger partial charge is 0.325 e. The lowest BCUT2D eigenvalue weighted by Crippen LogP contribution is -2.42. The highest BCUT2D eigenvalue weighted by molar-refractivity contribution is 5.74. The van der Waals surface area contributed by atoms with Crippen molar-refractivity contribution in [3.05, 3.63) is 0 Å². The average molecular weight is 192 g/mol. The second-order valence-corrected chi connectivity index (χ2v) is 2.63. The molecule has 0 aromatic rings. The van der Waals surface area contributed by atoms with E-state index in [0.29, 0.717) is 0 Å². The SMILES string of the molecule is CCN(CC)C(=O)N(CC)CC.F. The van der Waals surface area contributed by atoms with Crippen LogP contribution in [0.15, 0.2) is 0 Å². The van der Waals surface area contributed by atoms with Crippen molar-refractivity contribution in [1.82, 2.24) is 9.80 Å². The minimum absolute atomic E-state index is 0. The molecule has 13 heavy (non-hydrogen) atoms. The monoisotopic (exact) mass is 192 g/mol. The van der Waals surface area contributed by atoms with Crippen LogP contribution >= 0.6 is 0 Å². The lowest BCUT2D eigenvalue weighted by molar-refractivity contribution is 0.162. The summed E-state index contributed by atoms with van der Waals surface area (Å²) in [5, 5.41) is 0. The highest BCUT2D eigenvalue weighted by Gasteiger charge is 2.14. The van der Waals surface area contributed by atoms with Crippen molar-refractivity contribution in [1.29, 1.82) is 0 Å². The molecule has 0 radical (unpaired) electrons. The van der Waals surface area contributed by atoms with Gasteiger partial charge in [0.05, 0.1) is 0 Å². The van der Waals surface area contributed by atoms with Gasteiger partial charge in [-0.25, -0.2) is 4.79 Å². The topological polar surface area (TPSA) is 23.6 Å². The van der Waals surface area contributed by atoms with Crippen LogP contribution in [-0.4, -0.2) is 42.0 Å². The van der Waals surface area contributed by atoms with E-state index in [2.05, 4.69) is 0 Å². The van der Waals surface area contributed by atoms with Gasteiger partial charge in [-0.05, 0) is 27.7 Å². The van der Waals surface area contributed by atoms with E-state index in [1.165, 1.54) is 0 Å². The maximum Gasteiger partial charge on any atom is 0.319 e. The molecular weight excluding hydrogens is 171 g/mol. The number of hydrogen-bond donors (Lipinski definition) is 0. The van der Waals surface area contributed by atoms with Crippen LogP contribution in [0, 0.1) is 0 Å². The Morgan fingerprint density at radius 1 is 0.846 bits per heavy atom. The second kappa shape index (κ2) is 7.83. The third kappa shape index (κ3) is 4.10. The highest BCUT2D eigenvalue weighted by Crippen LogP contribution is 1.97. The molecule has 0 N–H and O–H groups in total. The molecule has 3 nitrogen and oxygen atoms in total. The van der Waals surface area contributed by atoms with Crippen molar-refractivity contribution in [2.45, 2.75) is 27.7 Å². The van der Waals surface area contributed by atoms with E-state index >= 15 is 0 Å². The lowest BCUT2D eigenvalue weighted by Gasteiger charge is -2.27. The van der Waals surface area contributed by atoms with Gasteiger partial charge in [0.25, 0.3) is 0 Å². The molecule has 0 bridgehead atoms. The molecule has 4 heteroatoms. The predicted molar refractivity (Wildman–Crippen MR) is 53.7 cm³/mol. The minimum atomic E-state index is 0. The van der Waals surface area contributed by atoms with Crippen molar-refractivity contribution in [3.8, 4) is 0 Å². The first kappa shape index (κ1) is 14.7. The van der Waals surface area contributed by atoms with E-state index in [1.807, 2.05) is 37.5 Å². The summed E-state index contributed by atoms with van der Waals surface area (Å²) >= 11 is 0. The molecule has 2 amide bonds. The zero-order valence-electron chi connectivity index (χ0n) is 9.04. The zero-order chi connectivity index (χ0) is 9.56. The Kier molecular flexibility index (Phi) is 8.86. The highest BCUT2D eigenvalue weighted by atomic mass is 19.0. The third-order valence-electron chi connectivity index (χ3n) is 2.07. The van der Waals surface area contributed by atoms with E-state index in [4.69, 9.17) is 0 Å². The number of carbonyl (C=O) groups excluding carboxylic acids is 1. The summed E-state index contributed by atoms with van der Waals surface area (Å²) in [5.41, 5.74) is 0. The summed E-state index contributed by atoms with van der Waals surface area (Å²) < 4.78 is 0. The lowest BCUT2D eigenvalue weighted by atomic mass is 10.5. The molecule has 0 saturated heterocycles. The van der Waals surface area contributed by atoms with Gasteiger partial charge in [0.2, 0.25) is 0 Å².